The van der Waals surface area contributed by atoms with Gasteiger partial charge in [-0.2, -0.15) is 0 Å². The maximum Gasteiger partial charge on any atom is 0.276 e. The van der Waals surface area contributed by atoms with Gasteiger partial charge in [0.2, 0.25) is 5.89 Å². The Bertz CT molecular complexity index is 696. The lowest BCUT2D eigenvalue weighted by Crippen LogP contribution is -2.43. The molecule has 2 aromatic rings. The number of amides is 1. The second-order valence-electron chi connectivity index (χ2n) is 6.15. The van der Waals surface area contributed by atoms with E-state index in [2.05, 4.69) is 11.9 Å². The van der Waals surface area contributed by atoms with Gasteiger partial charge < -0.3 is 18.8 Å². The van der Waals surface area contributed by atoms with E-state index in [-0.39, 0.29) is 12.5 Å². The number of aromatic nitrogens is 1. The second-order valence-corrected chi connectivity index (χ2v) is 6.15. The van der Waals surface area contributed by atoms with E-state index in [1.54, 1.807) is 7.11 Å². The number of hydrogen-bond donors (Lipinski definition) is 0. The van der Waals surface area contributed by atoms with E-state index in [0.717, 1.165) is 31.6 Å². The summed E-state index contributed by atoms with van der Waals surface area (Å²) < 4.78 is 16.1. The second kappa shape index (κ2) is 8.05. The van der Waals surface area contributed by atoms with Crippen molar-refractivity contribution in [1.29, 1.82) is 0 Å². The molecule has 1 aromatic heterocycles. The molecule has 1 aliphatic rings. The molecule has 6 nitrogen and oxygen atoms in total. The number of carbonyl (C=O) groups is 1. The number of rotatable bonds is 6. The van der Waals surface area contributed by atoms with Crippen molar-refractivity contribution in [3.63, 3.8) is 0 Å². The lowest BCUT2D eigenvalue weighted by Gasteiger charge is -2.34. The number of nitrogens with zero attached hydrogens (tertiary/aromatic N) is 2. The molecule has 2 heterocycles. The Morgan fingerprint density at radius 1 is 1.28 bits per heavy atom. The minimum Gasteiger partial charge on any atom is -0.497 e. The number of carbonyl (C=O) groups excluding carboxylic acids is 1. The van der Waals surface area contributed by atoms with Crippen LogP contribution < -0.4 is 9.47 Å². The maximum absolute atomic E-state index is 12.7. The number of ether oxygens (including phenoxy) is 2. The molecule has 1 saturated heterocycles. The molecular formula is C19H24N2O4. The fraction of sp³-hybridized carbons (Fsp3) is 0.474. The molecule has 0 spiro atoms. The number of oxazole rings is 1. The van der Waals surface area contributed by atoms with E-state index in [1.165, 1.54) is 12.7 Å². The van der Waals surface area contributed by atoms with E-state index in [9.17, 15) is 4.79 Å². The maximum atomic E-state index is 12.7. The molecule has 1 aliphatic heterocycles. The van der Waals surface area contributed by atoms with Gasteiger partial charge in [0.1, 0.15) is 17.8 Å². The summed E-state index contributed by atoms with van der Waals surface area (Å²) in [6.45, 7) is 3.09. The van der Waals surface area contributed by atoms with Crippen molar-refractivity contribution < 1.29 is 18.7 Å². The molecule has 1 atom stereocenters. The monoisotopic (exact) mass is 344 g/mol. The summed E-state index contributed by atoms with van der Waals surface area (Å²) in [6.07, 6.45) is 5.69. The summed E-state index contributed by atoms with van der Waals surface area (Å²) in [7, 11) is 1.62. The highest BCUT2D eigenvalue weighted by Gasteiger charge is 2.28. The molecule has 134 valence electrons. The first-order valence-corrected chi connectivity index (χ1v) is 8.73. The number of hydrogen-bond acceptors (Lipinski definition) is 5. The number of benzene rings is 1. The molecule has 1 fully saturated rings. The third-order valence-electron chi connectivity index (χ3n) is 4.55. The molecule has 0 saturated carbocycles. The minimum absolute atomic E-state index is 0.0500. The molecule has 25 heavy (non-hydrogen) atoms. The summed E-state index contributed by atoms with van der Waals surface area (Å²) in [5.74, 6) is 1.80. The molecule has 1 amide bonds. The van der Waals surface area contributed by atoms with Crippen molar-refractivity contribution >= 4 is 5.91 Å². The van der Waals surface area contributed by atoms with Crippen LogP contribution in [0.4, 0.5) is 0 Å². The molecule has 0 aliphatic carbocycles. The lowest BCUT2D eigenvalue weighted by molar-refractivity contribution is 0.0602. The Labute approximate surface area is 147 Å². The van der Waals surface area contributed by atoms with Crippen LogP contribution in [0.2, 0.25) is 0 Å². The fourth-order valence-electron chi connectivity index (χ4n) is 3.13. The normalized spacial score (nSPS) is 17.4. The van der Waals surface area contributed by atoms with Crippen LogP contribution in [0.15, 0.2) is 34.9 Å². The van der Waals surface area contributed by atoms with Gasteiger partial charge in [-0.3, -0.25) is 4.79 Å². The third kappa shape index (κ3) is 4.13. The first kappa shape index (κ1) is 17.3. The quantitative estimate of drug-likeness (QED) is 0.800. The van der Waals surface area contributed by atoms with Crippen molar-refractivity contribution in [3.05, 3.63) is 42.1 Å². The summed E-state index contributed by atoms with van der Waals surface area (Å²) >= 11 is 0. The summed E-state index contributed by atoms with van der Waals surface area (Å²) in [5.41, 5.74) is 0.355. The van der Waals surface area contributed by atoms with E-state index in [0.29, 0.717) is 23.4 Å². The van der Waals surface area contributed by atoms with Crippen molar-refractivity contribution in [2.45, 2.75) is 45.3 Å². The number of methoxy groups -OCH3 is 1. The van der Waals surface area contributed by atoms with Gasteiger partial charge in [0.15, 0.2) is 12.3 Å². The topological polar surface area (TPSA) is 64.8 Å². The van der Waals surface area contributed by atoms with Gasteiger partial charge >= 0.3 is 0 Å². The highest BCUT2D eigenvalue weighted by Crippen LogP contribution is 2.22. The van der Waals surface area contributed by atoms with Gasteiger partial charge in [-0.15, -0.1) is 0 Å². The Morgan fingerprint density at radius 2 is 2.04 bits per heavy atom. The van der Waals surface area contributed by atoms with Crippen LogP contribution in [0.5, 0.6) is 11.5 Å². The minimum atomic E-state index is -0.0500. The fourth-order valence-corrected chi connectivity index (χ4v) is 3.13. The largest absolute Gasteiger partial charge is 0.497 e. The highest BCUT2D eigenvalue weighted by molar-refractivity contribution is 5.92. The molecule has 0 N–H and O–H groups in total. The number of likely N-dealkylation sites (tertiary alicyclic amines) is 1. The predicted molar refractivity (Wildman–Crippen MR) is 92.8 cm³/mol. The SMILES string of the molecule is CC[C@@H]1CCCCN1C(=O)c1coc(COc2ccc(OC)cc2)n1. The third-order valence-corrected chi connectivity index (χ3v) is 4.55. The Balaban J connectivity index is 1.60. The molecule has 0 bridgehead atoms. The van der Waals surface area contributed by atoms with Crippen molar-refractivity contribution in [2.24, 2.45) is 0 Å². The van der Waals surface area contributed by atoms with Crippen LogP contribution in [0, 0.1) is 0 Å². The van der Waals surface area contributed by atoms with Gasteiger partial charge in [0.05, 0.1) is 7.11 Å². The van der Waals surface area contributed by atoms with Crippen LogP contribution in [-0.2, 0) is 6.61 Å². The van der Waals surface area contributed by atoms with Crippen LogP contribution in [0.1, 0.15) is 49.0 Å². The number of piperidine rings is 1. The van der Waals surface area contributed by atoms with Crippen LogP contribution >= 0.6 is 0 Å². The van der Waals surface area contributed by atoms with Crippen molar-refractivity contribution in [1.82, 2.24) is 9.88 Å². The van der Waals surface area contributed by atoms with Crippen molar-refractivity contribution in [3.8, 4) is 11.5 Å². The molecule has 1 aromatic carbocycles. The van der Waals surface area contributed by atoms with Gasteiger partial charge in [-0.25, -0.2) is 4.98 Å². The zero-order valence-corrected chi connectivity index (χ0v) is 14.7. The van der Waals surface area contributed by atoms with Gasteiger partial charge in [0.25, 0.3) is 5.91 Å². The van der Waals surface area contributed by atoms with Crippen molar-refractivity contribution in [2.75, 3.05) is 13.7 Å². The van der Waals surface area contributed by atoms with Crippen LogP contribution in [-0.4, -0.2) is 35.5 Å². The zero-order chi connectivity index (χ0) is 17.6. The molecule has 0 unspecified atom stereocenters. The van der Waals surface area contributed by atoms with E-state index < -0.39 is 0 Å². The zero-order valence-electron chi connectivity index (χ0n) is 14.7. The van der Waals surface area contributed by atoms with E-state index in [4.69, 9.17) is 13.9 Å². The summed E-state index contributed by atoms with van der Waals surface area (Å²) in [4.78, 5) is 18.9. The predicted octanol–water partition coefficient (Wildman–Crippen LogP) is 3.67. The standard InChI is InChI=1S/C19H24N2O4/c1-3-14-6-4-5-11-21(14)19(22)17-12-25-18(20-17)13-24-16-9-7-15(23-2)8-10-16/h7-10,12,14H,3-6,11,13H2,1-2H3/t14-/m1/s1. The summed E-state index contributed by atoms with van der Waals surface area (Å²) in [5, 5.41) is 0. The van der Waals surface area contributed by atoms with E-state index >= 15 is 0 Å². The van der Waals surface area contributed by atoms with Crippen LogP contribution in [0.25, 0.3) is 0 Å². The Morgan fingerprint density at radius 3 is 2.76 bits per heavy atom. The first-order valence-electron chi connectivity index (χ1n) is 8.73. The average molecular weight is 344 g/mol. The van der Waals surface area contributed by atoms with E-state index in [1.807, 2.05) is 29.2 Å². The summed E-state index contributed by atoms with van der Waals surface area (Å²) in [6, 6.07) is 7.57. The van der Waals surface area contributed by atoms with Gasteiger partial charge in [-0.05, 0) is 49.9 Å². The molecule has 0 radical (unpaired) electrons. The Kier molecular flexibility index (Phi) is 5.58. The molecule has 3 rings (SSSR count). The van der Waals surface area contributed by atoms with Gasteiger partial charge in [0, 0.05) is 12.6 Å². The lowest BCUT2D eigenvalue weighted by atomic mass is 10.00. The van der Waals surface area contributed by atoms with Crippen LogP contribution in [0.3, 0.4) is 0 Å². The first-order chi connectivity index (χ1) is 12.2. The average Bonchev–Trinajstić information content (AvgIpc) is 3.15. The Hall–Kier alpha value is -2.50. The van der Waals surface area contributed by atoms with Gasteiger partial charge in [-0.1, -0.05) is 6.92 Å². The smallest absolute Gasteiger partial charge is 0.276 e. The molecular weight excluding hydrogens is 320 g/mol. The molecule has 6 heteroatoms. The highest BCUT2D eigenvalue weighted by atomic mass is 16.5.